The van der Waals surface area contributed by atoms with Gasteiger partial charge in [-0.15, -0.1) is 0 Å². The van der Waals surface area contributed by atoms with Crippen molar-refractivity contribution in [1.82, 2.24) is 0 Å². The van der Waals surface area contributed by atoms with Gasteiger partial charge in [-0.2, -0.15) is 0 Å². The molecule has 0 aliphatic rings. The Morgan fingerprint density at radius 2 is 2.00 bits per heavy atom. The molecule has 0 amide bonds. The number of anilines is 1. The number of rotatable bonds is 1. The van der Waals surface area contributed by atoms with Crippen molar-refractivity contribution < 1.29 is 8.78 Å². The Morgan fingerprint density at radius 3 is 2.45 bits per heavy atom. The highest BCUT2D eigenvalue weighted by atomic mass is 19.3. The largest absolute Gasteiger partial charge is 0.399 e. The average molecular weight is 157 g/mol. The van der Waals surface area contributed by atoms with E-state index in [-0.39, 0.29) is 5.56 Å². The summed E-state index contributed by atoms with van der Waals surface area (Å²) in [6.07, 6.45) is -2.43. The Hall–Kier alpha value is -1.12. The van der Waals surface area contributed by atoms with E-state index in [0.717, 1.165) is 5.56 Å². The van der Waals surface area contributed by atoms with Gasteiger partial charge >= 0.3 is 0 Å². The summed E-state index contributed by atoms with van der Waals surface area (Å²) < 4.78 is 24.0. The van der Waals surface area contributed by atoms with Gasteiger partial charge in [-0.05, 0) is 18.6 Å². The van der Waals surface area contributed by atoms with Crippen molar-refractivity contribution in [2.24, 2.45) is 0 Å². The molecule has 0 saturated carbocycles. The first-order chi connectivity index (χ1) is 5.11. The first-order valence-corrected chi connectivity index (χ1v) is 3.25. The van der Waals surface area contributed by atoms with Gasteiger partial charge in [0, 0.05) is 11.3 Å². The summed E-state index contributed by atoms with van der Waals surface area (Å²) in [6.45, 7) is 1.78. The topological polar surface area (TPSA) is 26.0 Å². The Kier molecular flexibility index (Phi) is 2.08. The van der Waals surface area contributed by atoms with E-state index in [1.807, 2.05) is 0 Å². The van der Waals surface area contributed by atoms with Gasteiger partial charge in [-0.3, -0.25) is 0 Å². The highest BCUT2D eigenvalue weighted by molar-refractivity contribution is 5.48. The van der Waals surface area contributed by atoms with Crippen LogP contribution in [0.15, 0.2) is 18.2 Å². The molecule has 0 atom stereocenters. The van der Waals surface area contributed by atoms with Gasteiger partial charge in [0.1, 0.15) is 0 Å². The van der Waals surface area contributed by atoms with E-state index in [2.05, 4.69) is 0 Å². The Labute approximate surface area is 63.8 Å². The van der Waals surface area contributed by atoms with Crippen molar-refractivity contribution in [2.45, 2.75) is 13.3 Å². The van der Waals surface area contributed by atoms with Crippen molar-refractivity contribution in [3.63, 3.8) is 0 Å². The van der Waals surface area contributed by atoms with Gasteiger partial charge in [0.2, 0.25) is 0 Å². The minimum absolute atomic E-state index is 0.0203. The van der Waals surface area contributed by atoms with Crippen LogP contribution >= 0.6 is 0 Å². The molecule has 11 heavy (non-hydrogen) atoms. The van der Waals surface area contributed by atoms with Crippen LogP contribution in [-0.4, -0.2) is 0 Å². The van der Waals surface area contributed by atoms with Crippen molar-refractivity contribution in [3.05, 3.63) is 29.3 Å². The molecular formula is C8H9F2N. The van der Waals surface area contributed by atoms with Crippen LogP contribution in [0.25, 0.3) is 0 Å². The smallest absolute Gasteiger partial charge is 0.263 e. The molecule has 0 spiro atoms. The number of nitrogen functional groups attached to an aromatic ring is 1. The lowest BCUT2D eigenvalue weighted by molar-refractivity contribution is 0.151. The number of benzene rings is 1. The van der Waals surface area contributed by atoms with E-state index in [4.69, 9.17) is 5.73 Å². The second-order valence-corrected chi connectivity index (χ2v) is 2.42. The molecule has 60 valence electrons. The summed E-state index contributed by atoms with van der Waals surface area (Å²) in [7, 11) is 0. The molecule has 0 saturated heterocycles. The minimum Gasteiger partial charge on any atom is -0.399 e. The minimum atomic E-state index is -2.43. The molecule has 2 N–H and O–H groups in total. The van der Waals surface area contributed by atoms with Crippen molar-refractivity contribution >= 4 is 5.69 Å². The van der Waals surface area contributed by atoms with Crippen LogP contribution in [0.3, 0.4) is 0 Å². The van der Waals surface area contributed by atoms with E-state index in [1.165, 1.54) is 12.1 Å². The van der Waals surface area contributed by atoms with Gasteiger partial charge in [-0.1, -0.05) is 12.1 Å². The molecule has 1 rings (SSSR count). The molecular weight excluding hydrogens is 148 g/mol. The zero-order valence-electron chi connectivity index (χ0n) is 6.14. The molecule has 0 fully saturated rings. The fraction of sp³-hybridized carbons (Fsp3) is 0.250. The number of hydrogen-bond donors (Lipinski definition) is 1. The zero-order valence-corrected chi connectivity index (χ0v) is 6.14. The predicted octanol–water partition coefficient (Wildman–Crippen LogP) is 2.51. The summed E-state index contributed by atoms with van der Waals surface area (Å²) in [5.41, 5.74) is 6.65. The van der Waals surface area contributed by atoms with Gasteiger partial charge in [-0.25, -0.2) is 8.78 Å². The quantitative estimate of drug-likeness (QED) is 0.623. The maximum atomic E-state index is 12.0. The molecule has 0 heterocycles. The van der Waals surface area contributed by atoms with Crippen LogP contribution < -0.4 is 5.73 Å². The summed E-state index contributed by atoms with van der Waals surface area (Å²) in [6, 6.07) is 4.28. The Balaban J connectivity index is 3.05. The third-order valence-electron chi connectivity index (χ3n) is 1.56. The van der Waals surface area contributed by atoms with Crippen LogP contribution in [0, 0.1) is 6.92 Å². The van der Waals surface area contributed by atoms with Crippen LogP contribution in [0.1, 0.15) is 17.6 Å². The fourth-order valence-corrected chi connectivity index (χ4v) is 0.795. The number of alkyl halides is 2. The number of hydrogen-bond acceptors (Lipinski definition) is 1. The van der Waals surface area contributed by atoms with Crippen molar-refractivity contribution in [1.29, 1.82) is 0 Å². The maximum Gasteiger partial charge on any atom is 0.263 e. The summed E-state index contributed by atoms with van der Waals surface area (Å²) in [4.78, 5) is 0. The molecule has 0 aliphatic heterocycles. The summed E-state index contributed by atoms with van der Waals surface area (Å²) in [5, 5.41) is 0. The molecule has 0 radical (unpaired) electrons. The molecule has 1 aromatic rings. The van der Waals surface area contributed by atoms with E-state index < -0.39 is 6.43 Å². The van der Waals surface area contributed by atoms with Crippen molar-refractivity contribution in [2.75, 3.05) is 5.73 Å². The molecule has 1 nitrogen and oxygen atoms in total. The van der Waals surface area contributed by atoms with E-state index in [9.17, 15) is 8.78 Å². The number of nitrogens with two attached hydrogens (primary N) is 1. The summed E-state index contributed by atoms with van der Waals surface area (Å²) >= 11 is 0. The lowest BCUT2D eigenvalue weighted by Gasteiger charge is -2.02. The Bertz CT molecular complexity index is 258. The van der Waals surface area contributed by atoms with E-state index in [1.54, 1.807) is 13.0 Å². The van der Waals surface area contributed by atoms with Crippen LogP contribution in [0.4, 0.5) is 14.5 Å². The summed E-state index contributed by atoms with van der Waals surface area (Å²) in [5.74, 6) is 0. The highest BCUT2D eigenvalue weighted by Gasteiger charge is 2.06. The Morgan fingerprint density at radius 1 is 1.36 bits per heavy atom. The van der Waals surface area contributed by atoms with Gasteiger partial charge in [0.05, 0.1) is 0 Å². The molecule has 0 bridgehead atoms. The lowest BCUT2D eigenvalue weighted by atomic mass is 10.1. The fourth-order valence-electron chi connectivity index (χ4n) is 0.795. The van der Waals surface area contributed by atoms with Gasteiger partial charge < -0.3 is 5.73 Å². The maximum absolute atomic E-state index is 12.0. The average Bonchev–Trinajstić information content (AvgIpc) is 1.94. The third kappa shape index (κ3) is 1.67. The number of aryl methyl sites for hydroxylation is 1. The van der Waals surface area contributed by atoms with Gasteiger partial charge in [0.15, 0.2) is 0 Å². The highest BCUT2D eigenvalue weighted by Crippen LogP contribution is 2.22. The second-order valence-electron chi connectivity index (χ2n) is 2.42. The van der Waals surface area contributed by atoms with Crippen LogP contribution in [-0.2, 0) is 0 Å². The normalized spacial score (nSPS) is 10.5. The second kappa shape index (κ2) is 2.86. The van der Waals surface area contributed by atoms with Crippen LogP contribution in [0.5, 0.6) is 0 Å². The molecule has 3 heteroatoms. The first-order valence-electron chi connectivity index (χ1n) is 3.25. The monoisotopic (exact) mass is 157 g/mol. The molecule has 1 aromatic carbocycles. The van der Waals surface area contributed by atoms with Gasteiger partial charge in [0.25, 0.3) is 6.43 Å². The molecule has 0 unspecified atom stereocenters. The molecule has 0 aromatic heterocycles. The SMILES string of the molecule is Cc1ccc(C(F)F)cc1N. The standard InChI is InChI=1S/C8H9F2N/c1-5-2-3-6(8(9)10)4-7(5)11/h2-4,8H,11H2,1H3. The zero-order chi connectivity index (χ0) is 8.43. The van der Waals surface area contributed by atoms with E-state index >= 15 is 0 Å². The van der Waals surface area contributed by atoms with Crippen LogP contribution in [0.2, 0.25) is 0 Å². The first kappa shape index (κ1) is 7.98. The number of halogens is 2. The van der Waals surface area contributed by atoms with E-state index in [0.29, 0.717) is 5.69 Å². The molecule has 0 aliphatic carbocycles. The third-order valence-corrected chi connectivity index (χ3v) is 1.56. The predicted molar refractivity (Wildman–Crippen MR) is 40.5 cm³/mol. The lowest BCUT2D eigenvalue weighted by Crippen LogP contribution is -1.92. The van der Waals surface area contributed by atoms with Crippen molar-refractivity contribution in [3.8, 4) is 0 Å².